The number of hydrogen-bond donors (Lipinski definition) is 2. The molecular weight excluding hydrogens is 340 g/mol. The minimum absolute atomic E-state index is 0.113. The molecule has 0 aliphatic heterocycles. The summed E-state index contributed by atoms with van der Waals surface area (Å²) in [5.74, 6) is -0.269. The van der Waals surface area contributed by atoms with Crippen molar-refractivity contribution in [2.45, 2.75) is 12.8 Å². The topological polar surface area (TPSA) is 97.1 Å². The van der Waals surface area contributed by atoms with Crippen LogP contribution in [0.15, 0.2) is 52.7 Å². The number of furan rings is 1. The van der Waals surface area contributed by atoms with E-state index in [-0.39, 0.29) is 24.0 Å². The van der Waals surface area contributed by atoms with Gasteiger partial charge in [0.1, 0.15) is 0 Å². The van der Waals surface area contributed by atoms with Crippen molar-refractivity contribution in [1.29, 1.82) is 0 Å². The van der Waals surface area contributed by atoms with Gasteiger partial charge in [-0.25, -0.2) is 4.98 Å². The second-order valence-corrected chi connectivity index (χ2v) is 6.07. The van der Waals surface area contributed by atoms with E-state index in [9.17, 15) is 9.59 Å². The Labute approximate surface area is 148 Å². The lowest BCUT2D eigenvalue weighted by Gasteiger charge is -2.04. The molecule has 128 valence electrons. The van der Waals surface area contributed by atoms with Gasteiger partial charge in [-0.05, 0) is 30.2 Å². The fourth-order valence-electron chi connectivity index (χ4n) is 2.13. The zero-order chi connectivity index (χ0) is 17.5. The first-order valence-corrected chi connectivity index (χ1v) is 8.53. The molecule has 3 heterocycles. The van der Waals surface area contributed by atoms with Gasteiger partial charge in [0.2, 0.25) is 5.91 Å². The van der Waals surface area contributed by atoms with Crippen LogP contribution in [0.1, 0.15) is 21.8 Å². The highest BCUT2D eigenvalue weighted by atomic mass is 32.1. The SMILES string of the molecule is O=C(Cc1csc(NC(=O)c2ccco2)n1)NCCc1cccnc1. The minimum atomic E-state index is -0.369. The van der Waals surface area contributed by atoms with Crippen molar-refractivity contribution < 1.29 is 14.0 Å². The molecule has 0 aromatic carbocycles. The molecule has 0 radical (unpaired) electrons. The van der Waals surface area contributed by atoms with Gasteiger partial charge in [0.25, 0.3) is 5.91 Å². The van der Waals surface area contributed by atoms with Crippen LogP contribution in [0.4, 0.5) is 5.13 Å². The van der Waals surface area contributed by atoms with Crippen molar-refractivity contribution >= 4 is 28.3 Å². The summed E-state index contributed by atoms with van der Waals surface area (Å²) in [6.45, 7) is 0.538. The highest BCUT2D eigenvalue weighted by Gasteiger charge is 2.12. The molecule has 0 fully saturated rings. The molecule has 0 atom stereocenters. The molecule has 0 bridgehead atoms. The standard InChI is InChI=1S/C17H16N4O3S/c22-15(19-7-5-12-3-1-6-18-10-12)9-13-11-25-17(20-13)21-16(23)14-4-2-8-24-14/h1-4,6,8,10-11H,5,7,9H2,(H,19,22)(H,20,21,23). The maximum Gasteiger partial charge on any atom is 0.293 e. The summed E-state index contributed by atoms with van der Waals surface area (Å²) >= 11 is 1.26. The summed E-state index contributed by atoms with van der Waals surface area (Å²) in [6, 6.07) is 7.04. The van der Waals surface area contributed by atoms with Crippen LogP contribution >= 0.6 is 11.3 Å². The third kappa shape index (κ3) is 4.98. The summed E-state index contributed by atoms with van der Waals surface area (Å²) in [7, 11) is 0. The van der Waals surface area contributed by atoms with Crippen LogP contribution in [0.5, 0.6) is 0 Å². The predicted octanol–water partition coefficient (Wildman–Crippen LogP) is 2.28. The molecule has 2 N–H and O–H groups in total. The molecule has 0 aliphatic rings. The van der Waals surface area contributed by atoms with Crippen LogP contribution < -0.4 is 10.6 Å². The van der Waals surface area contributed by atoms with E-state index >= 15 is 0 Å². The summed E-state index contributed by atoms with van der Waals surface area (Å²) in [5, 5.41) is 7.66. The number of rotatable bonds is 7. The number of thiazole rings is 1. The van der Waals surface area contributed by atoms with E-state index in [1.165, 1.54) is 17.6 Å². The second-order valence-electron chi connectivity index (χ2n) is 5.21. The third-order valence-corrected chi connectivity index (χ3v) is 4.12. The summed E-state index contributed by atoms with van der Waals surface area (Å²) in [4.78, 5) is 32.1. The van der Waals surface area contributed by atoms with Crippen LogP contribution in [0.3, 0.4) is 0 Å². The maximum atomic E-state index is 12.0. The quantitative estimate of drug-likeness (QED) is 0.677. The van der Waals surface area contributed by atoms with Crippen molar-refractivity contribution in [1.82, 2.24) is 15.3 Å². The molecule has 3 aromatic rings. The number of pyridine rings is 1. The maximum absolute atomic E-state index is 12.0. The lowest BCUT2D eigenvalue weighted by Crippen LogP contribution is -2.27. The lowest BCUT2D eigenvalue weighted by molar-refractivity contribution is -0.120. The number of amides is 2. The first-order chi connectivity index (χ1) is 12.2. The number of hydrogen-bond acceptors (Lipinski definition) is 6. The molecule has 0 saturated heterocycles. The van der Waals surface area contributed by atoms with Gasteiger partial charge in [-0.1, -0.05) is 6.07 Å². The fraction of sp³-hybridized carbons (Fsp3) is 0.176. The van der Waals surface area contributed by atoms with E-state index in [1.807, 2.05) is 12.1 Å². The molecule has 0 saturated carbocycles. The van der Waals surface area contributed by atoms with Crippen LogP contribution in [-0.4, -0.2) is 28.3 Å². The van der Waals surface area contributed by atoms with Crippen LogP contribution in [-0.2, 0) is 17.6 Å². The highest BCUT2D eigenvalue weighted by molar-refractivity contribution is 7.14. The fourth-order valence-corrected chi connectivity index (χ4v) is 2.84. The first-order valence-electron chi connectivity index (χ1n) is 7.65. The Morgan fingerprint density at radius 2 is 2.16 bits per heavy atom. The molecule has 25 heavy (non-hydrogen) atoms. The Hall–Kier alpha value is -3.00. The van der Waals surface area contributed by atoms with E-state index in [1.54, 1.807) is 29.9 Å². The molecule has 3 aromatic heterocycles. The number of nitrogens with one attached hydrogen (secondary N) is 2. The normalized spacial score (nSPS) is 10.4. The van der Waals surface area contributed by atoms with Crippen molar-refractivity contribution in [2.75, 3.05) is 11.9 Å². The molecule has 2 amide bonds. The number of carbonyl (C=O) groups excluding carboxylic acids is 2. The van der Waals surface area contributed by atoms with Gasteiger partial charge in [-0.3, -0.25) is 19.9 Å². The predicted molar refractivity (Wildman–Crippen MR) is 93.4 cm³/mol. The van der Waals surface area contributed by atoms with E-state index in [2.05, 4.69) is 20.6 Å². The molecule has 7 nitrogen and oxygen atoms in total. The molecule has 0 aliphatic carbocycles. The van der Waals surface area contributed by atoms with Gasteiger partial charge < -0.3 is 9.73 Å². The van der Waals surface area contributed by atoms with Crippen molar-refractivity contribution in [3.8, 4) is 0 Å². The van der Waals surface area contributed by atoms with Crippen molar-refractivity contribution in [3.63, 3.8) is 0 Å². The largest absolute Gasteiger partial charge is 0.459 e. The monoisotopic (exact) mass is 356 g/mol. The summed E-state index contributed by atoms with van der Waals surface area (Å²) in [5.41, 5.74) is 1.68. The average Bonchev–Trinajstić information content (AvgIpc) is 3.28. The van der Waals surface area contributed by atoms with E-state index in [0.29, 0.717) is 17.4 Å². The molecular formula is C17H16N4O3S. The van der Waals surface area contributed by atoms with Gasteiger partial charge >= 0.3 is 0 Å². The summed E-state index contributed by atoms with van der Waals surface area (Å²) < 4.78 is 5.02. The van der Waals surface area contributed by atoms with E-state index in [0.717, 1.165) is 12.0 Å². The number of carbonyl (C=O) groups is 2. The molecule has 0 spiro atoms. The van der Waals surface area contributed by atoms with Gasteiger partial charge in [0.15, 0.2) is 10.9 Å². The summed E-state index contributed by atoms with van der Waals surface area (Å²) in [6.07, 6.45) is 5.81. The number of aromatic nitrogens is 2. The van der Waals surface area contributed by atoms with E-state index < -0.39 is 0 Å². The second kappa shape index (κ2) is 8.20. The smallest absolute Gasteiger partial charge is 0.293 e. The minimum Gasteiger partial charge on any atom is -0.459 e. The Bertz CT molecular complexity index is 831. The zero-order valence-electron chi connectivity index (χ0n) is 13.3. The lowest BCUT2D eigenvalue weighted by atomic mass is 10.2. The van der Waals surface area contributed by atoms with Gasteiger partial charge in [0, 0.05) is 24.3 Å². The Balaban J connectivity index is 1.44. The van der Waals surface area contributed by atoms with Crippen molar-refractivity contribution in [2.24, 2.45) is 0 Å². The van der Waals surface area contributed by atoms with Crippen LogP contribution in [0, 0.1) is 0 Å². The Morgan fingerprint density at radius 3 is 2.92 bits per heavy atom. The number of anilines is 1. The average molecular weight is 356 g/mol. The third-order valence-electron chi connectivity index (χ3n) is 3.32. The number of nitrogens with zero attached hydrogens (tertiary/aromatic N) is 2. The van der Waals surface area contributed by atoms with Gasteiger partial charge in [-0.15, -0.1) is 11.3 Å². The molecule has 8 heteroatoms. The Morgan fingerprint density at radius 1 is 1.24 bits per heavy atom. The molecule has 0 unspecified atom stereocenters. The van der Waals surface area contributed by atoms with Gasteiger partial charge in [-0.2, -0.15) is 0 Å². The van der Waals surface area contributed by atoms with Crippen LogP contribution in [0.25, 0.3) is 0 Å². The van der Waals surface area contributed by atoms with Gasteiger partial charge in [0.05, 0.1) is 18.4 Å². The van der Waals surface area contributed by atoms with Crippen LogP contribution in [0.2, 0.25) is 0 Å². The van der Waals surface area contributed by atoms with Crippen molar-refractivity contribution in [3.05, 3.63) is 65.3 Å². The Kier molecular flexibility index (Phi) is 5.53. The zero-order valence-corrected chi connectivity index (χ0v) is 14.1. The first kappa shape index (κ1) is 16.8. The molecule has 3 rings (SSSR count). The van der Waals surface area contributed by atoms with E-state index in [4.69, 9.17) is 4.42 Å². The highest BCUT2D eigenvalue weighted by Crippen LogP contribution is 2.17.